The van der Waals surface area contributed by atoms with Crippen molar-refractivity contribution < 1.29 is 37.6 Å². The van der Waals surface area contributed by atoms with Crippen LogP contribution in [0, 0.1) is 0 Å². The molecule has 0 aromatic rings. The van der Waals surface area contributed by atoms with Gasteiger partial charge in [0.1, 0.15) is 6.61 Å². The van der Waals surface area contributed by atoms with Gasteiger partial charge in [-0.3, -0.25) is 18.6 Å². The van der Waals surface area contributed by atoms with Crippen molar-refractivity contribution in [2.45, 2.75) is 219 Å². The number of phosphoric acid groups is 1. The molecule has 9 nitrogen and oxygen atoms in total. The van der Waals surface area contributed by atoms with Crippen LogP contribution in [-0.2, 0) is 32.7 Å². The third kappa shape index (κ3) is 36.8. The van der Waals surface area contributed by atoms with Crippen LogP contribution in [0.4, 0.5) is 0 Å². The molecular weight excluding hydrogens is 653 g/mol. The first kappa shape index (κ1) is 49.0. The van der Waals surface area contributed by atoms with Crippen molar-refractivity contribution in [2.24, 2.45) is 5.73 Å². The van der Waals surface area contributed by atoms with Gasteiger partial charge in [-0.2, -0.15) is 0 Å². The molecule has 0 spiro atoms. The maximum Gasteiger partial charge on any atom is 0.472 e. The highest BCUT2D eigenvalue weighted by molar-refractivity contribution is 7.47. The predicted molar refractivity (Wildman–Crippen MR) is 206 cm³/mol. The minimum absolute atomic E-state index is 0.0578. The van der Waals surface area contributed by atoms with Gasteiger partial charge in [-0.05, 0) is 12.8 Å². The lowest BCUT2D eigenvalue weighted by Gasteiger charge is -2.19. The number of esters is 2. The van der Waals surface area contributed by atoms with E-state index >= 15 is 0 Å². The van der Waals surface area contributed by atoms with Crippen LogP contribution in [0.2, 0.25) is 0 Å². The Morgan fingerprint density at radius 3 is 1.22 bits per heavy atom. The summed E-state index contributed by atoms with van der Waals surface area (Å²) < 4.78 is 32.7. The van der Waals surface area contributed by atoms with Gasteiger partial charge in [0.15, 0.2) is 6.10 Å². The number of carbonyl (C=O) groups is 2. The van der Waals surface area contributed by atoms with Crippen LogP contribution >= 0.6 is 7.82 Å². The second-order valence-electron chi connectivity index (χ2n) is 14.2. The van der Waals surface area contributed by atoms with Crippen LogP contribution in [-0.4, -0.2) is 49.3 Å². The molecule has 0 radical (unpaired) electrons. The van der Waals surface area contributed by atoms with Crippen molar-refractivity contribution >= 4 is 19.8 Å². The Morgan fingerprint density at radius 2 is 0.860 bits per heavy atom. The Kier molecular flexibility index (Phi) is 37.0. The standard InChI is InChI=1S/C40H80NO8P/c1-3-5-7-9-11-13-15-16-17-18-19-20-21-22-23-25-26-28-30-32-39(42)46-36-38(37-48-50(44,45)47-35-34-41)49-40(43)33-31-29-27-24-14-12-10-8-6-4-2/h38H,3-37,41H2,1-2H3,(H,44,45)/t38-/m1/s1. The largest absolute Gasteiger partial charge is 0.472 e. The van der Waals surface area contributed by atoms with Gasteiger partial charge >= 0.3 is 19.8 Å². The highest BCUT2D eigenvalue weighted by Gasteiger charge is 2.26. The molecule has 0 heterocycles. The Hall–Kier alpha value is -0.990. The van der Waals surface area contributed by atoms with Gasteiger partial charge in [0.2, 0.25) is 0 Å². The molecule has 298 valence electrons. The summed E-state index contributed by atoms with van der Waals surface area (Å²) in [5, 5.41) is 0. The van der Waals surface area contributed by atoms with E-state index in [0.717, 1.165) is 32.1 Å². The zero-order chi connectivity index (χ0) is 36.8. The molecule has 0 bridgehead atoms. The van der Waals surface area contributed by atoms with Gasteiger partial charge in [-0.15, -0.1) is 0 Å². The van der Waals surface area contributed by atoms with Crippen LogP contribution in [0.1, 0.15) is 213 Å². The Labute approximate surface area is 307 Å². The van der Waals surface area contributed by atoms with E-state index in [1.807, 2.05) is 0 Å². The maximum absolute atomic E-state index is 12.5. The zero-order valence-corrected chi connectivity index (χ0v) is 33.6. The van der Waals surface area contributed by atoms with Gasteiger partial charge in [0.05, 0.1) is 13.2 Å². The van der Waals surface area contributed by atoms with Crippen molar-refractivity contribution in [3.8, 4) is 0 Å². The Balaban J connectivity index is 4.04. The summed E-state index contributed by atoms with van der Waals surface area (Å²) in [4.78, 5) is 34.7. The van der Waals surface area contributed by atoms with E-state index < -0.39 is 26.5 Å². The molecule has 0 aromatic heterocycles. The maximum atomic E-state index is 12.5. The SMILES string of the molecule is CCCCCCCCCCCCCCCCCCCCCC(=O)OC[C@H](COP(=O)(O)OCCN)OC(=O)CCCCCCCCCCCC. The first-order valence-electron chi connectivity index (χ1n) is 21.0. The van der Waals surface area contributed by atoms with E-state index in [-0.39, 0.29) is 38.6 Å². The molecular formula is C40H80NO8P. The van der Waals surface area contributed by atoms with Crippen molar-refractivity contribution in [3.63, 3.8) is 0 Å². The van der Waals surface area contributed by atoms with E-state index in [0.29, 0.717) is 6.42 Å². The van der Waals surface area contributed by atoms with Gasteiger partial charge in [-0.1, -0.05) is 187 Å². The number of carbonyl (C=O) groups excluding carboxylic acids is 2. The normalized spacial score (nSPS) is 13.3. The fourth-order valence-electron chi connectivity index (χ4n) is 6.11. The summed E-state index contributed by atoms with van der Waals surface area (Å²) in [6.45, 7) is 3.75. The molecule has 3 N–H and O–H groups in total. The summed E-state index contributed by atoms with van der Waals surface area (Å²) in [5.74, 6) is -0.817. The zero-order valence-electron chi connectivity index (χ0n) is 32.7. The molecule has 50 heavy (non-hydrogen) atoms. The quantitative estimate of drug-likeness (QED) is 0.0358. The molecule has 10 heteroatoms. The molecule has 0 saturated carbocycles. The minimum atomic E-state index is -4.36. The number of hydrogen-bond donors (Lipinski definition) is 2. The lowest BCUT2D eigenvalue weighted by atomic mass is 10.0. The van der Waals surface area contributed by atoms with Crippen molar-refractivity contribution in [2.75, 3.05) is 26.4 Å². The molecule has 0 rings (SSSR count). The predicted octanol–water partition coefficient (Wildman–Crippen LogP) is 11.7. The van der Waals surface area contributed by atoms with E-state index in [4.69, 9.17) is 24.3 Å². The summed E-state index contributed by atoms with van der Waals surface area (Å²) in [7, 11) is -4.36. The second-order valence-corrected chi connectivity index (χ2v) is 15.7. The molecule has 0 fully saturated rings. The third-order valence-electron chi connectivity index (χ3n) is 9.24. The monoisotopic (exact) mass is 734 g/mol. The molecule has 0 aromatic carbocycles. The smallest absolute Gasteiger partial charge is 0.462 e. The molecule has 0 amide bonds. The first-order chi connectivity index (χ1) is 24.3. The number of rotatable bonds is 40. The number of phosphoric ester groups is 1. The van der Waals surface area contributed by atoms with Crippen LogP contribution in [0.25, 0.3) is 0 Å². The van der Waals surface area contributed by atoms with E-state index in [1.165, 1.54) is 148 Å². The summed E-state index contributed by atoms with van der Waals surface area (Å²) >= 11 is 0. The van der Waals surface area contributed by atoms with Crippen LogP contribution < -0.4 is 5.73 Å². The van der Waals surface area contributed by atoms with Gasteiger partial charge in [-0.25, -0.2) is 4.57 Å². The topological polar surface area (TPSA) is 134 Å². The van der Waals surface area contributed by atoms with E-state index in [2.05, 4.69) is 13.8 Å². The Bertz CT molecular complexity index is 799. The molecule has 0 aliphatic carbocycles. The highest BCUT2D eigenvalue weighted by Crippen LogP contribution is 2.43. The van der Waals surface area contributed by atoms with Crippen LogP contribution in [0.15, 0.2) is 0 Å². The first-order valence-corrected chi connectivity index (χ1v) is 22.5. The average Bonchev–Trinajstić information content (AvgIpc) is 3.10. The van der Waals surface area contributed by atoms with Crippen molar-refractivity contribution in [1.82, 2.24) is 0 Å². The van der Waals surface area contributed by atoms with Crippen molar-refractivity contribution in [3.05, 3.63) is 0 Å². The highest BCUT2D eigenvalue weighted by atomic mass is 31.2. The van der Waals surface area contributed by atoms with Gasteiger partial charge < -0.3 is 20.1 Å². The number of ether oxygens (including phenoxy) is 2. The number of nitrogens with two attached hydrogens (primary N) is 1. The summed E-state index contributed by atoms with van der Waals surface area (Å²) in [5.41, 5.74) is 5.33. The fourth-order valence-corrected chi connectivity index (χ4v) is 6.87. The molecule has 2 atom stereocenters. The minimum Gasteiger partial charge on any atom is -0.462 e. The summed E-state index contributed by atoms with van der Waals surface area (Å²) in [6, 6.07) is 0. The summed E-state index contributed by atoms with van der Waals surface area (Å²) in [6.07, 6.45) is 35.7. The van der Waals surface area contributed by atoms with Crippen molar-refractivity contribution in [1.29, 1.82) is 0 Å². The average molecular weight is 734 g/mol. The second kappa shape index (κ2) is 37.8. The molecule has 0 saturated heterocycles. The van der Waals surface area contributed by atoms with Gasteiger partial charge in [0.25, 0.3) is 0 Å². The van der Waals surface area contributed by atoms with Crippen LogP contribution in [0.5, 0.6) is 0 Å². The molecule has 1 unspecified atom stereocenters. The molecule has 0 aliphatic rings. The van der Waals surface area contributed by atoms with E-state index in [9.17, 15) is 19.0 Å². The fraction of sp³-hybridized carbons (Fsp3) is 0.950. The third-order valence-corrected chi connectivity index (χ3v) is 10.2. The van der Waals surface area contributed by atoms with Gasteiger partial charge in [0, 0.05) is 19.4 Å². The Morgan fingerprint density at radius 1 is 0.520 bits per heavy atom. The number of hydrogen-bond acceptors (Lipinski definition) is 8. The lowest BCUT2D eigenvalue weighted by molar-refractivity contribution is -0.161. The molecule has 0 aliphatic heterocycles. The van der Waals surface area contributed by atoms with Crippen LogP contribution in [0.3, 0.4) is 0 Å². The van der Waals surface area contributed by atoms with E-state index in [1.54, 1.807) is 0 Å². The number of unbranched alkanes of at least 4 members (excludes halogenated alkanes) is 27. The lowest BCUT2D eigenvalue weighted by Crippen LogP contribution is -2.29.